The highest BCUT2D eigenvalue weighted by Crippen LogP contribution is 2.54. The molecule has 2 aromatic rings. The van der Waals surface area contributed by atoms with Crippen molar-refractivity contribution in [2.24, 2.45) is 17.6 Å². The number of primary amides is 1. The zero-order valence-corrected chi connectivity index (χ0v) is 26.7. The Hall–Kier alpha value is -2.79. The van der Waals surface area contributed by atoms with E-state index in [1.165, 1.54) is 11.2 Å². The van der Waals surface area contributed by atoms with Gasteiger partial charge in [-0.1, -0.05) is 6.07 Å². The predicted octanol–water partition coefficient (Wildman–Crippen LogP) is 2.17. The van der Waals surface area contributed by atoms with Gasteiger partial charge in [0.1, 0.15) is 22.8 Å². The highest BCUT2D eigenvalue weighted by atomic mass is 127. The second-order valence-corrected chi connectivity index (χ2v) is 12.1. The molecule has 0 aliphatic heterocycles. The molecule has 0 saturated heterocycles. The second kappa shape index (κ2) is 12.1. The number of carbonyl (C=O) groups is 3. The van der Waals surface area contributed by atoms with Gasteiger partial charge < -0.3 is 26.2 Å². The van der Waals surface area contributed by atoms with Gasteiger partial charge in [0.25, 0.3) is 5.91 Å². The smallest absolute Gasteiger partial charge is 0.255 e. The Morgan fingerprint density at radius 3 is 2.45 bits per heavy atom. The normalized spacial score (nSPS) is 25.7. The van der Waals surface area contributed by atoms with Crippen LogP contribution in [0.3, 0.4) is 0 Å². The number of aliphatic hydroxyl groups excluding tert-OH is 2. The number of fused-ring (bicyclic) bond motifs is 3. The van der Waals surface area contributed by atoms with Gasteiger partial charge in [0.15, 0.2) is 11.4 Å². The van der Waals surface area contributed by atoms with Crippen molar-refractivity contribution in [3.05, 3.63) is 64.1 Å². The molecule has 1 aromatic heterocycles. The number of hydrogen-bond donors (Lipinski definition) is 6. The van der Waals surface area contributed by atoms with Gasteiger partial charge in [-0.15, -0.1) is 9.80 Å². The molecule has 1 heterocycles. The van der Waals surface area contributed by atoms with Crippen molar-refractivity contribution in [3.63, 3.8) is 0 Å². The van der Waals surface area contributed by atoms with Crippen molar-refractivity contribution in [2.45, 2.75) is 30.2 Å². The molecule has 1 fully saturated rings. The average molecular weight is 728 g/mol. The summed E-state index contributed by atoms with van der Waals surface area (Å²) in [5.74, 6) is -7.22. The lowest BCUT2D eigenvalue weighted by molar-refractivity contribution is -0.153. The SMILES string of the molecule is CN(C)[C@@H]1C(=O)C(C(N)=O)=C(O)[C@@]2(O)C(=O)C3=C(O)c4c(O)c(CS(C)=O)cc(-c5ccccn5)c4C[C@H]3C[C@@H]12.SI. The van der Waals surface area contributed by atoms with Gasteiger partial charge in [-0.25, -0.2) is 0 Å². The van der Waals surface area contributed by atoms with Crippen LogP contribution in [0.1, 0.15) is 23.1 Å². The minimum atomic E-state index is -2.72. The first-order valence-electron chi connectivity index (χ1n) is 12.7. The molecular formula is C28H30IN3O8S2. The Bertz CT molecular complexity index is 1580. The Morgan fingerprint density at radius 2 is 1.90 bits per heavy atom. The first-order chi connectivity index (χ1) is 19.8. The first kappa shape index (κ1) is 32.1. The summed E-state index contributed by atoms with van der Waals surface area (Å²) in [5.41, 5.74) is 3.33. The third-order valence-electron chi connectivity index (χ3n) is 8.10. The van der Waals surface area contributed by atoms with Crippen LogP contribution < -0.4 is 5.73 Å². The fourth-order valence-electron chi connectivity index (χ4n) is 6.45. The number of aromatic hydroxyl groups is 1. The number of Topliss-reactive ketones (excluding diaryl/α,β-unsaturated/α-hetero) is 2. The number of aromatic nitrogens is 1. The number of ketones is 2. The number of rotatable bonds is 5. The van der Waals surface area contributed by atoms with E-state index >= 15 is 0 Å². The zero-order chi connectivity index (χ0) is 31.3. The summed E-state index contributed by atoms with van der Waals surface area (Å²) in [6, 6.07) is 5.75. The van der Waals surface area contributed by atoms with E-state index in [2.05, 4.69) is 14.8 Å². The lowest BCUT2D eigenvalue weighted by Gasteiger charge is -2.50. The Balaban J connectivity index is 0.00000198. The monoisotopic (exact) mass is 727 g/mol. The number of phenols is 1. The van der Waals surface area contributed by atoms with Gasteiger partial charge in [0, 0.05) is 45.9 Å². The molecule has 0 spiro atoms. The van der Waals surface area contributed by atoms with Crippen molar-refractivity contribution in [3.8, 4) is 17.0 Å². The molecule has 6 N–H and O–H groups in total. The molecule has 224 valence electrons. The molecule has 0 bridgehead atoms. The minimum absolute atomic E-state index is 0.0189. The molecule has 1 amide bonds. The van der Waals surface area contributed by atoms with Gasteiger partial charge in [0.05, 0.1) is 23.1 Å². The molecule has 3 aliphatic rings. The zero-order valence-electron chi connectivity index (χ0n) is 22.9. The highest BCUT2D eigenvalue weighted by molar-refractivity contribution is 14.2. The summed E-state index contributed by atoms with van der Waals surface area (Å²) in [6.45, 7) is 0. The van der Waals surface area contributed by atoms with Crippen LogP contribution in [0.2, 0.25) is 0 Å². The van der Waals surface area contributed by atoms with Crippen LogP contribution in [-0.4, -0.2) is 84.0 Å². The topological polar surface area (TPSA) is 191 Å². The molecule has 11 nitrogen and oxygen atoms in total. The fraction of sp³-hybridized carbons (Fsp3) is 0.357. The predicted molar refractivity (Wildman–Crippen MR) is 168 cm³/mol. The molecule has 5 atom stereocenters. The van der Waals surface area contributed by atoms with E-state index in [4.69, 9.17) is 5.73 Å². The number of carbonyl (C=O) groups excluding carboxylic acids is 3. The number of hydrogen-bond acceptors (Lipinski definition) is 11. The molecule has 1 unspecified atom stereocenters. The van der Waals surface area contributed by atoms with E-state index in [0.717, 1.165) is 0 Å². The maximum absolute atomic E-state index is 14.0. The van der Waals surface area contributed by atoms with Gasteiger partial charge in [0.2, 0.25) is 5.78 Å². The van der Waals surface area contributed by atoms with E-state index in [1.807, 2.05) is 21.2 Å². The quantitative estimate of drug-likeness (QED) is 0.151. The Labute approximate surface area is 262 Å². The number of aliphatic hydroxyl groups is 3. The van der Waals surface area contributed by atoms with Gasteiger partial charge >= 0.3 is 0 Å². The number of halogens is 1. The summed E-state index contributed by atoms with van der Waals surface area (Å²) in [5, 5.41) is 45.5. The number of amides is 1. The van der Waals surface area contributed by atoms with Gasteiger partial charge in [-0.3, -0.25) is 28.5 Å². The second-order valence-electron chi connectivity index (χ2n) is 10.7. The van der Waals surface area contributed by atoms with E-state index in [9.17, 15) is 39.0 Å². The molecule has 3 aliphatic carbocycles. The summed E-state index contributed by atoms with van der Waals surface area (Å²) in [4.78, 5) is 45.3. The van der Waals surface area contributed by atoms with Gasteiger partial charge in [-0.05, 0) is 77.8 Å². The molecule has 1 aromatic carbocycles. The molecule has 5 rings (SSSR count). The highest BCUT2D eigenvalue weighted by Gasteiger charge is 2.64. The van der Waals surface area contributed by atoms with E-state index in [-0.39, 0.29) is 41.0 Å². The standard InChI is InChI=1S/C28H29N3O8S.HIS/c1-31(2)21-16-10-12-8-15-14(17-6-4-5-7-30-17)9-13(11-40(3)39)22(32)19(15)23(33)18(12)25(35)28(16,38)26(36)20(24(21)34)27(29)37;1-2/h4-7,9,12,16,21,32-33,36,38H,8,10-11H2,1-3H3,(H2,29,37);2H/t12-,16-,21-,28-,40?;/m0./s1. The van der Waals surface area contributed by atoms with Crippen LogP contribution >= 0.6 is 31.0 Å². The molecule has 42 heavy (non-hydrogen) atoms. The summed E-state index contributed by atoms with van der Waals surface area (Å²) >= 11 is 1.84. The van der Waals surface area contributed by atoms with Crippen LogP contribution in [0.25, 0.3) is 17.0 Å². The summed E-state index contributed by atoms with van der Waals surface area (Å²) < 4.78 is 12.1. The third-order valence-corrected chi connectivity index (χ3v) is 8.82. The van der Waals surface area contributed by atoms with Crippen molar-refractivity contribution in [1.82, 2.24) is 9.88 Å². The molecule has 14 heteroatoms. The van der Waals surface area contributed by atoms with Crippen LogP contribution in [0, 0.1) is 11.8 Å². The number of thiol groups is 1. The Kier molecular flexibility index (Phi) is 9.23. The number of benzene rings is 1. The van der Waals surface area contributed by atoms with Crippen molar-refractivity contribution < 1.29 is 39.0 Å². The molecular weight excluding hydrogens is 697 g/mol. The summed E-state index contributed by atoms with van der Waals surface area (Å²) in [7, 11) is 5.23. The lowest BCUT2D eigenvalue weighted by Crippen LogP contribution is -2.65. The average Bonchev–Trinajstić information content (AvgIpc) is 2.93. The Morgan fingerprint density at radius 1 is 1.24 bits per heavy atom. The van der Waals surface area contributed by atoms with Crippen LogP contribution in [-0.2, 0) is 37.4 Å². The van der Waals surface area contributed by atoms with Crippen LogP contribution in [0.15, 0.2) is 47.4 Å². The largest absolute Gasteiger partial charge is 0.508 e. The van der Waals surface area contributed by atoms with E-state index in [0.29, 0.717) is 16.8 Å². The maximum Gasteiger partial charge on any atom is 0.255 e. The van der Waals surface area contributed by atoms with E-state index < -0.39 is 68.8 Å². The number of phenolic OH excluding ortho intramolecular Hbond substituents is 1. The number of likely N-dealkylation sites (N-methyl/N-ethyl adjacent to an activating group) is 1. The first-order valence-corrected chi connectivity index (χ1v) is 17.7. The van der Waals surface area contributed by atoms with Crippen molar-refractivity contribution >= 4 is 65.0 Å². The summed E-state index contributed by atoms with van der Waals surface area (Å²) in [6.07, 6.45) is 3.16. The third kappa shape index (κ3) is 4.96. The number of pyridine rings is 1. The molecule has 0 radical (unpaired) electrons. The number of nitrogens with two attached hydrogens (primary N) is 1. The van der Waals surface area contributed by atoms with Crippen LogP contribution in [0.4, 0.5) is 0 Å². The maximum atomic E-state index is 14.0. The van der Waals surface area contributed by atoms with Gasteiger partial charge in [-0.2, -0.15) is 0 Å². The fourth-order valence-corrected chi connectivity index (χ4v) is 7.10. The van der Waals surface area contributed by atoms with Crippen molar-refractivity contribution in [2.75, 3.05) is 20.4 Å². The van der Waals surface area contributed by atoms with E-state index in [1.54, 1.807) is 44.6 Å². The lowest BCUT2D eigenvalue weighted by atomic mass is 9.57. The van der Waals surface area contributed by atoms with Crippen LogP contribution in [0.5, 0.6) is 5.75 Å². The van der Waals surface area contributed by atoms with Crippen molar-refractivity contribution in [1.29, 1.82) is 0 Å². The molecule has 1 saturated carbocycles. The number of nitrogens with zero attached hydrogens (tertiary/aromatic N) is 2. The minimum Gasteiger partial charge on any atom is -0.508 e.